The SMILES string of the molecule is COc1cncc(C(=O)N2CCC3(CC2)OC2CC[C@@H](c4cc(F)cc(F)c4)N2C3=O)n1. The van der Waals surface area contributed by atoms with Crippen molar-refractivity contribution in [3.05, 3.63) is 53.5 Å². The van der Waals surface area contributed by atoms with E-state index in [4.69, 9.17) is 9.47 Å². The molecule has 32 heavy (non-hydrogen) atoms. The Morgan fingerprint density at radius 3 is 2.56 bits per heavy atom. The first kappa shape index (κ1) is 20.7. The molecule has 0 saturated carbocycles. The van der Waals surface area contributed by atoms with E-state index in [2.05, 4.69) is 9.97 Å². The molecule has 0 bridgehead atoms. The lowest BCUT2D eigenvalue weighted by atomic mass is 9.89. The number of piperidine rings is 1. The Morgan fingerprint density at radius 1 is 1.16 bits per heavy atom. The second-order valence-corrected chi connectivity index (χ2v) is 8.31. The number of aromatic nitrogens is 2. The number of halogens is 2. The van der Waals surface area contributed by atoms with E-state index >= 15 is 0 Å². The molecule has 3 aliphatic rings. The van der Waals surface area contributed by atoms with Gasteiger partial charge >= 0.3 is 0 Å². The van der Waals surface area contributed by atoms with Crippen LogP contribution in [0.4, 0.5) is 8.78 Å². The fraction of sp³-hybridized carbons (Fsp3) is 0.455. The van der Waals surface area contributed by atoms with Gasteiger partial charge in [-0.3, -0.25) is 14.6 Å². The summed E-state index contributed by atoms with van der Waals surface area (Å²) in [5, 5.41) is 0. The van der Waals surface area contributed by atoms with Crippen LogP contribution in [0.1, 0.15) is 47.8 Å². The number of methoxy groups -OCH3 is 1. The summed E-state index contributed by atoms with van der Waals surface area (Å²) < 4.78 is 38.7. The number of rotatable bonds is 3. The minimum atomic E-state index is -1.02. The van der Waals surface area contributed by atoms with Crippen LogP contribution in [0.5, 0.6) is 5.88 Å². The Balaban J connectivity index is 1.30. The number of hydrogen-bond donors (Lipinski definition) is 0. The summed E-state index contributed by atoms with van der Waals surface area (Å²) in [5.74, 6) is -1.55. The molecule has 4 heterocycles. The molecule has 3 fully saturated rings. The lowest BCUT2D eigenvalue weighted by Gasteiger charge is -2.37. The van der Waals surface area contributed by atoms with Crippen molar-refractivity contribution in [1.82, 2.24) is 19.8 Å². The number of nitrogens with zero attached hydrogens (tertiary/aromatic N) is 4. The third kappa shape index (κ3) is 3.38. The Kier molecular flexibility index (Phi) is 5.04. The zero-order chi connectivity index (χ0) is 22.5. The molecule has 0 radical (unpaired) electrons. The van der Waals surface area contributed by atoms with Gasteiger partial charge in [-0.2, -0.15) is 0 Å². The highest BCUT2D eigenvalue weighted by Gasteiger charge is 2.58. The number of amides is 2. The molecule has 1 aromatic carbocycles. The van der Waals surface area contributed by atoms with Gasteiger partial charge in [0.05, 0.1) is 25.5 Å². The number of likely N-dealkylation sites (tertiary alicyclic amines) is 1. The van der Waals surface area contributed by atoms with Crippen LogP contribution in [0.3, 0.4) is 0 Å². The first-order valence-corrected chi connectivity index (χ1v) is 10.5. The van der Waals surface area contributed by atoms with Gasteiger partial charge in [0.15, 0.2) is 11.3 Å². The minimum Gasteiger partial charge on any atom is -0.480 e. The van der Waals surface area contributed by atoms with E-state index in [1.54, 1.807) is 9.80 Å². The molecule has 2 atom stereocenters. The van der Waals surface area contributed by atoms with E-state index in [9.17, 15) is 18.4 Å². The highest BCUT2D eigenvalue weighted by Crippen LogP contribution is 2.47. The van der Waals surface area contributed by atoms with Crippen molar-refractivity contribution in [1.29, 1.82) is 0 Å². The van der Waals surface area contributed by atoms with Gasteiger partial charge in [-0.15, -0.1) is 0 Å². The van der Waals surface area contributed by atoms with Crippen molar-refractivity contribution in [2.75, 3.05) is 20.2 Å². The number of benzene rings is 1. The molecule has 1 unspecified atom stereocenters. The summed E-state index contributed by atoms with van der Waals surface area (Å²) in [6, 6.07) is 2.93. The Hall–Kier alpha value is -3.14. The smallest absolute Gasteiger partial charge is 0.274 e. The van der Waals surface area contributed by atoms with Crippen LogP contribution in [-0.4, -0.2) is 63.6 Å². The van der Waals surface area contributed by atoms with Crippen LogP contribution in [-0.2, 0) is 9.53 Å². The van der Waals surface area contributed by atoms with Crippen molar-refractivity contribution < 1.29 is 27.8 Å². The molecule has 1 aromatic heterocycles. The number of fused-ring (bicyclic) bond motifs is 1. The van der Waals surface area contributed by atoms with Gasteiger partial charge in [-0.25, -0.2) is 13.8 Å². The Bertz CT molecular complexity index is 1050. The highest BCUT2D eigenvalue weighted by atomic mass is 19.1. The number of carbonyl (C=O) groups is 2. The lowest BCUT2D eigenvalue weighted by Crippen LogP contribution is -2.51. The predicted molar refractivity (Wildman–Crippen MR) is 107 cm³/mol. The van der Waals surface area contributed by atoms with E-state index < -0.39 is 29.5 Å². The maximum absolute atomic E-state index is 13.7. The van der Waals surface area contributed by atoms with Gasteiger partial charge in [-0.1, -0.05) is 0 Å². The quantitative estimate of drug-likeness (QED) is 0.723. The Labute approximate surface area is 183 Å². The van der Waals surface area contributed by atoms with Crippen LogP contribution in [0, 0.1) is 11.6 Å². The van der Waals surface area contributed by atoms with E-state index in [0.717, 1.165) is 6.07 Å². The normalized spacial score (nSPS) is 24.2. The first-order valence-electron chi connectivity index (χ1n) is 10.5. The average Bonchev–Trinajstić information content (AvgIpc) is 3.31. The van der Waals surface area contributed by atoms with Gasteiger partial charge in [0.25, 0.3) is 11.8 Å². The molecule has 1 spiro atoms. The molecule has 168 valence electrons. The molecular formula is C22H22F2N4O4. The fourth-order valence-corrected chi connectivity index (χ4v) is 4.92. The van der Waals surface area contributed by atoms with Crippen LogP contribution in [0.2, 0.25) is 0 Å². The summed E-state index contributed by atoms with van der Waals surface area (Å²) in [6.07, 6.45) is 4.22. The van der Waals surface area contributed by atoms with Crippen LogP contribution >= 0.6 is 0 Å². The van der Waals surface area contributed by atoms with Gasteiger partial charge in [0.2, 0.25) is 5.88 Å². The summed E-state index contributed by atoms with van der Waals surface area (Å²) in [4.78, 5) is 37.6. The molecule has 8 nitrogen and oxygen atoms in total. The zero-order valence-electron chi connectivity index (χ0n) is 17.5. The van der Waals surface area contributed by atoms with Crippen molar-refractivity contribution in [3.63, 3.8) is 0 Å². The second-order valence-electron chi connectivity index (χ2n) is 8.31. The molecule has 0 N–H and O–H groups in total. The van der Waals surface area contributed by atoms with Crippen molar-refractivity contribution in [2.24, 2.45) is 0 Å². The number of carbonyl (C=O) groups excluding carboxylic acids is 2. The maximum atomic E-state index is 13.7. The van der Waals surface area contributed by atoms with Gasteiger partial charge in [0.1, 0.15) is 17.9 Å². The van der Waals surface area contributed by atoms with Crippen molar-refractivity contribution in [2.45, 2.75) is 43.6 Å². The largest absolute Gasteiger partial charge is 0.480 e. The fourth-order valence-electron chi connectivity index (χ4n) is 4.92. The van der Waals surface area contributed by atoms with E-state index in [1.807, 2.05) is 0 Å². The molecule has 3 aliphatic heterocycles. The van der Waals surface area contributed by atoms with Gasteiger partial charge in [-0.05, 0) is 30.5 Å². The molecule has 3 saturated heterocycles. The van der Waals surface area contributed by atoms with Crippen LogP contribution < -0.4 is 4.74 Å². The topological polar surface area (TPSA) is 84.9 Å². The standard InChI is InChI=1S/C22H22F2N4O4/c1-31-18-12-25-11-16(26-18)20(29)27-6-4-22(5-7-27)21(30)28-17(2-3-19(28)32-22)13-8-14(23)10-15(24)9-13/h8-12,17,19H,2-7H2,1H3/t17-,19?/m0/s1. The molecule has 5 rings (SSSR count). The van der Waals surface area contributed by atoms with Gasteiger partial charge in [0, 0.05) is 32.0 Å². The molecule has 2 aromatic rings. The molecule has 2 amide bonds. The predicted octanol–water partition coefficient (Wildman–Crippen LogP) is 2.46. The number of ether oxygens (including phenoxy) is 2. The Morgan fingerprint density at radius 2 is 1.88 bits per heavy atom. The van der Waals surface area contributed by atoms with Crippen molar-refractivity contribution in [3.8, 4) is 5.88 Å². The van der Waals surface area contributed by atoms with E-state index in [-0.39, 0.29) is 23.4 Å². The molecular weight excluding hydrogens is 422 g/mol. The third-order valence-electron chi connectivity index (χ3n) is 6.49. The lowest BCUT2D eigenvalue weighted by molar-refractivity contribution is -0.142. The molecule has 0 aliphatic carbocycles. The highest BCUT2D eigenvalue weighted by molar-refractivity contribution is 5.93. The first-order chi connectivity index (χ1) is 15.4. The summed E-state index contributed by atoms with van der Waals surface area (Å²) >= 11 is 0. The zero-order valence-corrected chi connectivity index (χ0v) is 17.5. The van der Waals surface area contributed by atoms with Gasteiger partial charge < -0.3 is 19.3 Å². The summed E-state index contributed by atoms with van der Waals surface area (Å²) in [7, 11) is 1.45. The summed E-state index contributed by atoms with van der Waals surface area (Å²) in [6.45, 7) is 0.645. The van der Waals surface area contributed by atoms with Crippen LogP contribution in [0.25, 0.3) is 0 Å². The van der Waals surface area contributed by atoms with Crippen molar-refractivity contribution >= 4 is 11.8 Å². The van der Waals surface area contributed by atoms with E-state index in [1.165, 1.54) is 31.6 Å². The number of hydrogen-bond acceptors (Lipinski definition) is 6. The average molecular weight is 444 g/mol. The molecule has 10 heteroatoms. The van der Waals surface area contributed by atoms with Crippen LogP contribution in [0.15, 0.2) is 30.6 Å². The maximum Gasteiger partial charge on any atom is 0.274 e. The minimum absolute atomic E-state index is 0.174. The third-order valence-corrected chi connectivity index (χ3v) is 6.49. The monoisotopic (exact) mass is 444 g/mol. The second kappa shape index (κ2) is 7.77. The van der Waals surface area contributed by atoms with E-state index in [0.29, 0.717) is 44.3 Å². The summed E-state index contributed by atoms with van der Waals surface area (Å²) in [5.41, 5.74) is -0.414.